The van der Waals surface area contributed by atoms with Crippen LogP contribution in [-0.2, 0) is 13.0 Å². The number of aromatic nitrogens is 1. The van der Waals surface area contributed by atoms with Gasteiger partial charge in [-0.05, 0) is 31.5 Å². The van der Waals surface area contributed by atoms with Gasteiger partial charge in [-0.15, -0.1) is 11.3 Å². The van der Waals surface area contributed by atoms with Crippen LogP contribution < -0.4 is 10.6 Å². The van der Waals surface area contributed by atoms with Crippen LogP contribution in [0, 0.1) is 12.7 Å². The van der Waals surface area contributed by atoms with Crippen LogP contribution in [0.2, 0.25) is 0 Å². The zero-order valence-electron chi connectivity index (χ0n) is 12.9. The lowest BCUT2D eigenvalue weighted by Gasteiger charge is -2.10. The van der Waals surface area contributed by atoms with Gasteiger partial charge in [0.1, 0.15) is 5.82 Å². The second-order valence-electron chi connectivity index (χ2n) is 4.86. The van der Waals surface area contributed by atoms with Gasteiger partial charge in [0.15, 0.2) is 5.96 Å². The number of nitrogens with zero attached hydrogens (tertiary/aromatic N) is 2. The molecule has 0 aliphatic rings. The van der Waals surface area contributed by atoms with E-state index in [2.05, 4.69) is 26.0 Å². The fourth-order valence-electron chi connectivity index (χ4n) is 1.98. The predicted molar refractivity (Wildman–Crippen MR) is 89.8 cm³/mol. The zero-order valence-corrected chi connectivity index (χ0v) is 13.7. The van der Waals surface area contributed by atoms with Crippen molar-refractivity contribution in [1.82, 2.24) is 15.6 Å². The van der Waals surface area contributed by atoms with Gasteiger partial charge in [-0.1, -0.05) is 12.1 Å². The van der Waals surface area contributed by atoms with E-state index in [1.807, 2.05) is 19.9 Å². The predicted octanol–water partition coefficient (Wildman–Crippen LogP) is 2.89. The van der Waals surface area contributed by atoms with Crippen LogP contribution >= 0.6 is 11.3 Å². The third-order valence-electron chi connectivity index (χ3n) is 2.99. The minimum atomic E-state index is -0.232. The van der Waals surface area contributed by atoms with Crippen molar-refractivity contribution in [2.24, 2.45) is 4.99 Å². The highest BCUT2D eigenvalue weighted by atomic mass is 32.1. The molecule has 1 aromatic carbocycles. The molecule has 22 heavy (non-hydrogen) atoms. The summed E-state index contributed by atoms with van der Waals surface area (Å²) in [6, 6.07) is 6.51. The molecule has 0 unspecified atom stereocenters. The summed E-state index contributed by atoms with van der Waals surface area (Å²) in [5, 5.41) is 9.62. The topological polar surface area (TPSA) is 49.3 Å². The van der Waals surface area contributed by atoms with Crippen molar-refractivity contribution in [3.63, 3.8) is 0 Å². The smallest absolute Gasteiger partial charge is 0.191 e. The number of aryl methyl sites for hydroxylation is 1. The normalized spacial score (nSPS) is 11.5. The van der Waals surface area contributed by atoms with Crippen LogP contribution in [0.15, 0.2) is 34.6 Å². The number of guanidine groups is 1. The van der Waals surface area contributed by atoms with Crippen LogP contribution in [0.4, 0.5) is 4.39 Å². The molecule has 1 aromatic heterocycles. The first-order valence-corrected chi connectivity index (χ1v) is 8.23. The third-order valence-corrected chi connectivity index (χ3v) is 3.82. The first-order chi connectivity index (χ1) is 10.7. The van der Waals surface area contributed by atoms with Crippen molar-refractivity contribution < 1.29 is 4.39 Å². The molecular weight excluding hydrogens is 299 g/mol. The van der Waals surface area contributed by atoms with Crippen molar-refractivity contribution in [3.05, 3.63) is 51.7 Å². The first kappa shape index (κ1) is 16.4. The zero-order chi connectivity index (χ0) is 15.8. The quantitative estimate of drug-likeness (QED) is 0.635. The molecule has 4 nitrogen and oxygen atoms in total. The maximum Gasteiger partial charge on any atom is 0.191 e. The van der Waals surface area contributed by atoms with Crippen molar-refractivity contribution in [3.8, 4) is 0 Å². The van der Waals surface area contributed by atoms with E-state index in [1.165, 1.54) is 12.1 Å². The minimum absolute atomic E-state index is 0.232. The van der Waals surface area contributed by atoms with Crippen molar-refractivity contribution in [1.29, 1.82) is 0 Å². The van der Waals surface area contributed by atoms with Gasteiger partial charge in [0.2, 0.25) is 0 Å². The highest BCUT2D eigenvalue weighted by Gasteiger charge is 2.01. The van der Waals surface area contributed by atoms with Crippen molar-refractivity contribution in [2.75, 3.05) is 13.1 Å². The molecule has 0 spiro atoms. The summed E-state index contributed by atoms with van der Waals surface area (Å²) in [5.74, 6) is 0.503. The van der Waals surface area contributed by atoms with Gasteiger partial charge in [-0.25, -0.2) is 14.4 Å². The fraction of sp³-hybridized carbons (Fsp3) is 0.375. The first-order valence-electron chi connectivity index (χ1n) is 7.35. The fourth-order valence-corrected chi connectivity index (χ4v) is 2.63. The van der Waals surface area contributed by atoms with Crippen molar-refractivity contribution >= 4 is 17.3 Å². The molecule has 0 saturated heterocycles. The SMILES string of the molecule is CCNC(=NCc1cccc(F)c1)NCCc1csc(C)n1. The van der Waals surface area contributed by atoms with Crippen LogP contribution in [0.5, 0.6) is 0 Å². The van der Waals surface area contributed by atoms with Crippen LogP contribution in [-0.4, -0.2) is 24.0 Å². The van der Waals surface area contributed by atoms with E-state index >= 15 is 0 Å². The largest absolute Gasteiger partial charge is 0.357 e. The molecule has 2 rings (SSSR count). The molecule has 0 bridgehead atoms. The summed E-state index contributed by atoms with van der Waals surface area (Å²) in [6.45, 7) is 6.02. The standard InChI is InChI=1S/C16H21FN4S/c1-3-18-16(19-8-7-15-11-22-12(2)21-15)20-10-13-5-4-6-14(17)9-13/h4-6,9,11H,3,7-8,10H2,1-2H3,(H2,18,19,20). The Bertz CT molecular complexity index is 624. The second-order valence-corrected chi connectivity index (χ2v) is 5.92. The molecule has 0 aliphatic heterocycles. The van der Waals surface area contributed by atoms with Crippen molar-refractivity contribution in [2.45, 2.75) is 26.8 Å². The molecule has 0 radical (unpaired) electrons. The summed E-state index contributed by atoms with van der Waals surface area (Å²) in [6.07, 6.45) is 0.856. The minimum Gasteiger partial charge on any atom is -0.357 e. The third kappa shape index (κ3) is 5.44. The monoisotopic (exact) mass is 320 g/mol. The Hall–Kier alpha value is -1.95. The number of nitrogens with one attached hydrogen (secondary N) is 2. The summed E-state index contributed by atoms with van der Waals surface area (Å²) >= 11 is 1.66. The number of benzene rings is 1. The maximum atomic E-state index is 13.1. The number of hydrogen-bond acceptors (Lipinski definition) is 3. The molecule has 2 aromatic rings. The van der Waals surface area contributed by atoms with Gasteiger partial charge < -0.3 is 10.6 Å². The lowest BCUT2D eigenvalue weighted by Crippen LogP contribution is -2.38. The van der Waals surface area contributed by atoms with Gasteiger partial charge in [-0.3, -0.25) is 0 Å². The molecule has 2 N–H and O–H groups in total. The Kier molecular flexibility index (Phi) is 6.33. The van der Waals surface area contributed by atoms with Gasteiger partial charge in [-0.2, -0.15) is 0 Å². The van der Waals surface area contributed by atoms with Crippen LogP contribution in [0.3, 0.4) is 0 Å². The van der Waals surface area contributed by atoms with Gasteiger partial charge in [0.25, 0.3) is 0 Å². The molecule has 118 valence electrons. The average Bonchev–Trinajstić information content (AvgIpc) is 2.90. The molecule has 0 fully saturated rings. The second kappa shape index (κ2) is 8.48. The number of thiazole rings is 1. The molecule has 0 aliphatic carbocycles. The van der Waals surface area contributed by atoms with E-state index in [9.17, 15) is 4.39 Å². The number of hydrogen-bond donors (Lipinski definition) is 2. The Labute approximate surface area is 134 Å². The Morgan fingerprint density at radius 3 is 2.91 bits per heavy atom. The lowest BCUT2D eigenvalue weighted by molar-refractivity contribution is 0.625. The van der Waals surface area contributed by atoms with Gasteiger partial charge >= 0.3 is 0 Å². The molecular formula is C16H21FN4S. The number of aliphatic imine (C=N–C) groups is 1. The molecule has 0 saturated carbocycles. The Morgan fingerprint density at radius 2 is 2.23 bits per heavy atom. The maximum absolute atomic E-state index is 13.1. The van der Waals surface area contributed by atoms with E-state index < -0.39 is 0 Å². The van der Waals surface area contributed by atoms with E-state index in [0.717, 1.165) is 41.7 Å². The average molecular weight is 320 g/mol. The van der Waals surface area contributed by atoms with E-state index in [-0.39, 0.29) is 5.82 Å². The Morgan fingerprint density at radius 1 is 1.36 bits per heavy atom. The van der Waals surface area contributed by atoms with E-state index in [0.29, 0.717) is 6.54 Å². The van der Waals surface area contributed by atoms with E-state index in [4.69, 9.17) is 0 Å². The molecule has 6 heteroatoms. The highest BCUT2D eigenvalue weighted by molar-refractivity contribution is 7.09. The lowest BCUT2D eigenvalue weighted by atomic mass is 10.2. The summed E-state index contributed by atoms with van der Waals surface area (Å²) in [5.41, 5.74) is 1.95. The molecule has 1 heterocycles. The molecule has 0 atom stereocenters. The van der Waals surface area contributed by atoms with Crippen LogP contribution in [0.25, 0.3) is 0 Å². The van der Waals surface area contributed by atoms with Crippen LogP contribution in [0.1, 0.15) is 23.2 Å². The summed E-state index contributed by atoms with van der Waals surface area (Å²) < 4.78 is 13.1. The van der Waals surface area contributed by atoms with Gasteiger partial charge in [0, 0.05) is 24.9 Å². The number of rotatable bonds is 6. The van der Waals surface area contributed by atoms with E-state index in [1.54, 1.807) is 17.4 Å². The number of halogens is 1. The molecule has 0 amide bonds. The highest BCUT2D eigenvalue weighted by Crippen LogP contribution is 2.08. The Balaban J connectivity index is 1.86. The van der Waals surface area contributed by atoms with Gasteiger partial charge in [0.05, 0.1) is 17.2 Å². The summed E-state index contributed by atoms with van der Waals surface area (Å²) in [7, 11) is 0. The summed E-state index contributed by atoms with van der Waals surface area (Å²) in [4.78, 5) is 8.90.